The highest BCUT2D eigenvalue weighted by molar-refractivity contribution is 8.00. The molecule has 0 saturated carbocycles. The molecule has 2 aromatic rings. The fourth-order valence-corrected chi connectivity index (χ4v) is 4.14. The van der Waals surface area contributed by atoms with Crippen LogP contribution in [0.15, 0.2) is 53.4 Å². The van der Waals surface area contributed by atoms with Crippen LogP contribution in [0.25, 0.3) is 0 Å². The van der Waals surface area contributed by atoms with E-state index in [1.807, 2.05) is 66.4 Å². The van der Waals surface area contributed by atoms with E-state index in [4.69, 9.17) is 0 Å². The zero-order valence-electron chi connectivity index (χ0n) is 17.4. The molecule has 1 N–H and O–H groups in total. The van der Waals surface area contributed by atoms with Gasteiger partial charge in [0.25, 0.3) is 5.91 Å². The van der Waals surface area contributed by atoms with E-state index in [0.29, 0.717) is 22.9 Å². The van der Waals surface area contributed by atoms with Gasteiger partial charge in [-0.15, -0.1) is 11.8 Å². The second-order valence-corrected chi connectivity index (χ2v) is 8.80. The van der Waals surface area contributed by atoms with Crippen LogP contribution < -0.4 is 10.2 Å². The molecule has 154 valence electrons. The summed E-state index contributed by atoms with van der Waals surface area (Å²) in [5.74, 6) is 0.948. The van der Waals surface area contributed by atoms with Crippen molar-refractivity contribution in [3.8, 4) is 0 Å². The summed E-state index contributed by atoms with van der Waals surface area (Å²) in [6, 6.07) is 15.4. The highest BCUT2D eigenvalue weighted by Gasteiger charge is 2.24. The molecule has 0 atom stereocenters. The zero-order chi connectivity index (χ0) is 20.8. The smallest absolute Gasteiger partial charge is 0.256 e. The Morgan fingerprint density at radius 1 is 1.10 bits per heavy atom. The molecule has 0 aromatic heterocycles. The van der Waals surface area contributed by atoms with Crippen molar-refractivity contribution < 1.29 is 9.59 Å². The van der Waals surface area contributed by atoms with Gasteiger partial charge in [-0.05, 0) is 49.1 Å². The van der Waals surface area contributed by atoms with Crippen molar-refractivity contribution in [2.75, 3.05) is 43.2 Å². The molecule has 3 rings (SSSR count). The molecule has 29 heavy (non-hydrogen) atoms. The zero-order valence-corrected chi connectivity index (χ0v) is 18.2. The molecule has 1 fully saturated rings. The van der Waals surface area contributed by atoms with E-state index in [1.165, 1.54) is 11.8 Å². The van der Waals surface area contributed by atoms with Gasteiger partial charge < -0.3 is 15.1 Å². The van der Waals surface area contributed by atoms with Crippen LogP contribution in [0.2, 0.25) is 0 Å². The number of anilines is 2. The Balaban J connectivity index is 1.70. The lowest BCUT2D eigenvalue weighted by atomic mass is 9.98. The van der Waals surface area contributed by atoms with Crippen LogP contribution >= 0.6 is 11.8 Å². The topological polar surface area (TPSA) is 52.7 Å². The molecule has 2 amide bonds. The molecule has 0 spiro atoms. The van der Waals surface area contributed by atoms with Crippen LogP contribution in [0.3, 0.4) is 0 Å². The molecular weight excluding hydrogens is 382 g/mol. The highest BCUT2D eigenvalue weighted by Crippen LogP contribution is 2.27. The fraction of sp³-hybridized carbons (Fsp3) is 0.391. The molecule has 1 saturated heterocycles. The molecule has 6 heteroatoms. The van der Waals surface area contributed by atoms with Gasteiger partial charge in [-0.25, -0.2) is 0 Å². The summed E-state index contributed by atoms with van der Waals surface area (Å²) in [6.07, 6.45) is 2.08. The minimum atomic E-state index is -0.0818. The Kier molecular flexibility index (Phi) is 7.20. The first-order valence-electron chi connectivity index (χ1n) is 10.0. The standard InChI is InChI=1S/C23H29N3O2S/c1-17-11-13-26(14-12-17)23(28)20-15-18(9-10-21(20)25(2)3)24-22(27)16-29-19-7-5-4-6-8-19/h4-10,15,17H,11-14,16H2,1-3H3,(H,24,27). The fourth-order valence-electron chi connectivity index (χ4n) is 3.42. The molecule has 2 aromatic carbocycles. The van der Waals surface area contributed by atoms with E-state index in [2.05, 4.69) is 12.2 Å². The monoisotopic (exact) mass is 411 g/mol. The van der Waals surface area contributed by atoms with Gasteiger partial charge in [-0.1, -0.05) is 25.1 Å². The summed E-state index contributed by atoms with van der Waals surface area (Å²) in [7, 11) is 3.86. The number of rotatable bonds is 6. The molecule has 0 radical (unpaired) electrons. The number of piperidine rings is 1. The summed E-state index contributed by atoms with van der Waals surface area (Å²) >= 11 is 1.49. The van der Waals surface area contributed by atoms with E-state index in [1.54, 1.807) is 6.07 Å². The third-order valence-corrected chi connectivity index (χ3v) is 6.19. The molecule has 0 bridgehead atoms. The van der Waals surface area contributed by atoms with Crippen LogP contribution in [-0.4, -0.2) is 49.7 Å². The molecule has 0 unspecified atom stereocenters. The maximum absolute atomic E-state index is 13.2. The normalized spacial score (nSPS) is 14.5. The van der Waals surface area contributed by atoms with Crippen molar-refractivity contribution in [1.29, 1.82) is 0 Å². The SMILES string of the molecule is CC1CCN(C(=O)c2cc(NC(=O)CSc3ccccc3)ccc2N(C)C)CC1. The van der Waals surface area contributed by atoms with Gasteiger partial charge in [0.05, 0.1) is 11.3 Å². The molecule has 1 aliphatic rings. The maximum Gasteiger partial charge on any atom is 0.256 e. The first-order chi connectivity index (χ1) is 13.9. The molecular formula is C23H29N3O2S. The van der Waals surface area contributed by atoms with Crippen molar-refractivity contribution in [2.24, 2.45) is 5.92 Å². The van der Waals surface area contributed by atoms with E-state index in [9.17, 15) is 9.59 Å². The summed E-state index contributed by atoms with van der Waals surface area (Å²) in [5.41, 5.74) is 2.16. The number of thioether (sulfide) groups is 1. The van der Waals surface area contributed by atoms with Crippen molar-refractivity contribution in [1.82, 2.24) is 4.90 Å². The first kappa shape index (κ1) is 21.2. The van der Waals surface area contributed by atoms with Crippen molar-refractivity contribution in [3.05, 3.63) is 54.1 Å². The highest BCUT2D eigenvalue weighted by atomic mass is 32.2. The Hall–Kier alpha value is -2.47. The quantitative estimate of drug-likeness (QED) is 0.718. The number of hydrogen-bond donors (Lipinski definition) is 1. The Morgan fingerprint density at radius 3 is 2.45 bits per heavy atom. The first-order valence-corrected chi connectivity index (χ1v) is 11.0. The summed E-state index contributed by atoms with van der Waals surface area (Å²) < 4.78 is 0. The third kappa shape index (κ3) is 5.76. The van der Waals surface area contributed by atoms with E-state index in [0.717, 1.165) is 36.5 Å². The van der Waals surface area contributed by atoms with Crippen molar-refractivity contribution >= 4 is 35.0 Å². The van der Waals surface area contributed by atoms with Gasteiger partial charge >= 0.3 is 0 Å². The van der Waals surface area contributed by atoms with Crippen LogP contribution in [-0.2, 0) is 4.79 Å². The average Bonchev–Trinajstić information content (AvgIpc) is 2.73. The number of benzene rings is 2. The minimum Gasteiger partial charge on any atom is -0.377 e. The lowest BCUT2D eigenvalue weighted by Crippen LogP contribution is -2.38. The second-order valence-electron chi connectivity index (χ2n) is 7.75. The number of likely N-dealkylation sites (tertiary alicyclic amines) is 1. The molecule has 1 aliphatic heterocycles. The van der Waals surface area contributed by atoms with Crippen molar-refractivity contribution in [2.45, 2.75) is 24.7 Å². The average molecular weight is 412 g/mol. The van der Waals surface area contributed by atoms with Crippen LogP contribution in [0, 0.1) is 5.92 Å². The van der Waals surface area contributed by atoms with Crippen LogP contribution in [0.4, 0.5) is 11.4 Å². The van der Waals surface area contributed by atoms with Gasteiger partial charge in [0.1, 0.15) is 0 Å². The Bertz CT molecular complexity index is 846. The third-order valence-electron chi connectivity index (χ3n) is 5.18. The number of nitrogens with zero attached hydrogens (tertiary/aromatic N) is 2. The van der Waals surface area contributed by atoms with Gasteiger partial charge in [0.15, 0.2) is 0 Å². The maximum atomic E-state index is 13.2. The predicted molar refractivity (Wildman–Crippen MR) is 121 cm³/mol. The van der Waals surface area contributed by atoms with Gasteiger partial charge in [0, 0.05) is 43.5 Å². The van der Waals surface area contributed by atoms with E-state index < -0.39 is 0 Å². The summed E-state index contributed by atoms with van der Waals surface area (Å²) in [4.78, 5) is 30.5. The molecule has 1 heterocycles. The summed E-state index contributed by atoms with van der Waals surface area (Å²) in [6.45, 7) is 3.81. The number of hydrogen-bond acceptors (Lipinski definition) is 4. The molecule has 0 aliphatic carbocycles. The number of amides is 2. The number of carbonyl (C=O) groups excluding carboxylic acids is 2. The summed E-state index contributed by atoms with van der Waals surface area (Å²) in [5, 5.41) is 2.93. The van der Waals surface area contributed by atoms with E-state index >= 15 is 0 Å². The Labute approximate surface area is 177 Å². The van der Waals surface area contributed by atoms with Gasteiger partial charge in [-0.3, -0.25) is 9.59 Å². The lowest BCUT2D eigenvalue weighted by molar-refractivity contribution is -0.113. The van der Waals surface area contributed by atoms with Crippen molar-refractivity contribution in [3.63, 3.8) is 0 Å². The second kappa shape index (κ2) is 9.83. The van der Waals surface area contributed by atoms with Gasteiger partial charge in [-0.2, -0.15) is 0 Å². The van der Waals surface area contributed by atoms with Crippen LogP contribution in [0.5, 0.6) is 0 Å². The predicted octanol–water partition coefficient (Wildman–Crippen LogP) is 4.36. The Morgan fingerprint density at radius 2 is 1.79 bits per heavy atom. The number of nitrogens with one attached hydrogen (secondary N) is 1. The van der Waals surface area contributed by atoms with Crippen LogP contribution in [0.1, 0.15) is 30.1 Å². The minimum absolute atomic E-state index is 0.0374. The van der Waals surface area contributed by atoms with Gasteiger partial charge in [0.2, 0.25) is 5.91 Å². The molecule has 5 nitrogen and oxygen atoms in total. The van der Waals surface area contributed by atoms with E-state index in [-0.39, 0.29) is 11.8 Å². The lowest BCUT2D eigenvalue weighted by Gasteiger charge is -2.31. The number of carbonyl (C=O) groups is 2. The largest absolute Gasteiger partial charge is 0.377 e.